The Morgan fingerprint density at radius 3 is 1.97 bits per heavy atom. The third-order valence-corrected chi connectivity index (χ3v) is 5.08. The number of halogens is 6. The van der Waals surface area contributed by atoms with E-state index in [2.05, 4.69) is 0 Å². The zero-order valence-electron chi connectivity index (χ0n) is 15.8. The van der Waals surface area contributed by atoms with Crippen LogP contribution >= 0.6 is 0 Å². The highest BCUT2D eigenvalue weighted by Crippen LogP contribution is 2.49. The lowest BCUT2D eigenvalue weighted by Gasteiger charge is -2.32. The van der Waals surface area contributed by atoms with Crippen molar-refractivity contribution >= 4 is 23.3 Å². The van der Waals surface area contributed by atoms with Gasteiger partial charge in [-0.1, -0.05) is 30.3 Å². The van der Waals surface area contributed by atoms with E-state index in [4.69, 9.17) is 10.8 Å². The number of rotatable bonds is 6. The summed E-state index contributed by atoms with van der Waals surface area (Å²) in [6.07, 6.45) is -7.86. The van der Waals surface area contributed by atoms with Crippen molar-refractivity contribution in [2.45, 2.75) is 30.4 Å². The molecule has 0 fully saturated rings. The Kier molecular flexibility index (Phi) is 5.70. The van der Waals surface area contributed by atoms with E-state index >= 15 is 0 Å². The van der Waals surface area contributed by atoms with E-state index in [9.17, 15) is 31.4 Å². The van der Waals surface area contributed by atoms with Crippen molar-refractivity contribution < 1.29 is 31.4 Å². The zero-order chi connectivity index (χ0) is 23.0. The molecular formula is C21H17F6N3O. The highest BCUT2D eigenvalue weighted by Gasteiger charge is 2.71. The predicted molar refractivity (Wildman–Crippen MR) is 104 cm³/mol. The minimum absolute atomic E-state index is 0.179. The first-order chi connectivity index (χ1) is 14.4. The summed E-state index contributed by atoms with van der Waals surface area (Å²) in [5, 5.41) is 25.0. The molecule has 0 unspecified atom stereocenters. The molecule has 3 rings (SSSR count). The third kappa shape index (κ3) is 3.95. The summed E-state index contributed by atoms with van der Waals surface area (Å²) < 4.78 is 79.8. The van der Waals surface area contributed by atoms with Crippen LogP contribution in [0.5, 0.6) is 0 Å². The number of aromatic nitrogens is 1. The summed E-state index contributed by atoms with van der Waals surface area (Å²) in [5.74, 6) is -0.457. The van der Waals surface area contributed by atoms with Crippen LogP contribution in [0, 0.1) is 10.8 Å². The molecule has 3 aromatic rings. The van der Waals surface area contributed by atoms with Gasteiger partial charge in [0.25, 0.3) is 5.60 Å². The van der Waals surface area contributed by atoms with E-state index in [1.54, 1.807) is 29.0 Å². The lowest BCUT2D eigenvalue weighted by atomic mass is 9.91. The minimum atomic E-state index is -5.92. The van der Waals surface area contributed by atoms with Gasteiger partial charge >= 0.3 is 12.4 Å². The van der Waals surface area contributed by atoms with Crippen LogP contribution in [-0.2, 0) is 12.1 Å². The van der Waals surface area contributed by atoms with E-state index in [0.717, 1.165) is 41.0 Å². The SMILES string of the molecule is N=CC(C=N)c1ccc2c(ccn2Cc2ccc(C(O)(C(F)(F)F)C(F)(F)F)cc2)c1. The second kappa shape index (κ2) is 7.84. The number of hydrogen-bond acceptors (Lipinski definition) is 3. The molecule has 31 heavy (non-hydrogen) atoms. The normalized spacial score (nSPS) is 13.9. The van der Waals surface area contributed by atoms with Crippen molar-refractivity contribution in [1.82, 2.24) is 4.57 Å². The van der Waals surface area contributed by atoms with Crippen LogP contribution in [0.1, 0.15) is 22.6 Å². The molecule has 164 valence electrons. The molecule has 2 aromatic carbocycles. The van der Waals surface area contributed by atoms with Crippen LogP contribution in [0.25, 0.3) is 10.9 Å². The van der Waals surface area contributed by atoms with Gasteiger partial charge in [0.05, 0.1) is 5.92 Å². The van der Waals surface area contributed by atoms with E-state index in [1.165, 1.54) is 0 Å². The Bertz CT molecular complexity index is 1080. The number of nitrogens with one attached hydrogen (secondary N) is 2. The average molecular weight is 441 g/mol. The molecule has 0 radical (unpaired) electrons. The Labute approximate surface area is 172 Å². The van der Waals surface area contributed by atoms with Gasteiger partial charge in [-0.15, -0.1) is 0 Å². The summed E-state index contributed by atoms with van der Waals surface area (Å²) in [4.78, 5) is 0. The Morgan fingerprint density at radius 2 is 1.45 bits per heavy atom. The molecule has 0 saturated heterocycles. The summed E-state index contributed by atoms with van der Waals surface area (Å²) in [6, 6.07) is 10.6. The number of alkyl halides is 6. The molecule has 0 spiro atoms. The maximum atomic E-state index is 13.0. The van der Waals surface area contributed by atoms with Gasteiger partial charge in [0.1, 0.15) is 0 Å². The van der Waals surface area contributed by atoms with Crippen molar-refractivity contribution in [3.63, 3.8) is 0 Å². The quantitative estimate of drug-likeness (QED) is 0.349. The van der Waals surface area contributed by atoms with Crippen LogP contribution in [0.15, 0.2) is 54.7 Å². The second-order valence-corrected chi connectivity index (χ2v) is 7.02. The first kappa shape index (κ1) is 22.5. The van der Waals surface area contributed by atoms with Gasteiger partial charge in [-0.25, -0.2) is 0 Å². The maximum Gasteiger partial charge on any atom is 0.430 e. The summed E-state index contributed by atoms with van der Waals surface area (Å²) in [7, 11) is 0. The van der Waals surface area contributed by atoms with Crippen LogP contribution in [0.2, 0.25) is 0 Å². The second-order valence-electron chi connectivity index (χ2n) is 7.02. The molecule has 0 saturated carbocycles. The fourth-order valence-corrected chi connectivity index (χ4v) is 3.34. The topological polar surface area (TPSA) is 72.9 Å². The molecule has 0 aliphatic carbocycles. The van der Waals surface area contributed by atoms with E-state index < -0.39 is 29.4 Å². The van der Waals surface area contributed by atoms with Gasteiger partial charge < -0.3 is 20.5 Å². The molecule has 0 atom stereocenters. The Morgan fingerprint density at radius 1 is 0.871 bits per heavy atom. The summed E-state index contributed by atoms with van der Waals surface area (Å²) in [5.41, 5.74) is -4.30. The molecule has 0 aliphatic rings. The first-order valence-corrected chi connectivity index (χ1v) is 8.97. The number of aliphatic hydroxyl groups is 1. The predicted octanol–water partition coefficient (Wildman–Crippen LogP) is 5.38. The monoisotopic (exact) mass is 441 g/mol. The average Bonchev–Trinajstić information content (AvgIpc) is 3.09. The Hall–Kier alpha value is -3.14. The number of benzene rings is 2. The fraction of sp³-hybridized carbons (Fsp3) is 0.238. The largest absolute Gasteiger partial charge is 0.430 e. The molecule has 4 nitrogen and oxygen atoms in total. The van der Waals surface area contributed by atoms with Gasteiger partial charge in [-0.3, -0.25) is 0 Å². The van der Waals surface area contributed by atoms with Crippen molar-refractivity contribution in [2.75, 3.05) is 0 Å². The highest BCUT2D eigenvalue weighted by molar-refractivity contribution is 5.90. The molecule has 10 heteroatoms. The minimum Gasteiger partial charge on any atom is -0.369 e. The third-order valence-electron chi connectivity index (χ3n) is 5.08. The lowest BCUT2D eigenvalue weighted by molar-refractivity contribution is -0.376. The summed E-state index contributed by atoms with van der Waals surface area (Å²) >= 11 is 0. The van der Waals surface area contributed by atoms with Gasteiger partial charge in [-0.2, -0.15) is 26.3 Å². The van der Waals surface area contributed by atoms with Crippen molar-refractivity contribution in [3.8, 4) is 0 Å². The first-order valence-electron chi connectivity index (χ1n) is 8.97. The summed E-state index contributed by atoms with van der Waals surface area (Å²) in [6.45, 7) is 0.179. The number of hydrogen-bond donors (Lipinski definition) is 3. The lowest BCUT2D eigenvalue weighted by Crippen LogP contribution is -2.53. The van der Waals surface area contributed by atoms with Crippen LogP contribution in [0.4, 0.5) is 26.3 Å². The van der Waals surface area contributed by atoms with Crippen LogP contribution in [0.3, 0.4) is 0 Å². The number of nitrogens with zero attached hydrogens (tertiary/aromatic N) is 1. The smallest absolute Gasteiger partial charge is 0.369 e. The maximum absolute atomic E-state index is 13.0. The van der Waals surface area contributed by atoms with Crippen molar-refractivity contribution in [1.29, 1.82) is 10.8 Å². The molecular weight excluding hydrogens is 424 g/mol. The van der Waals surface area contributed by atoms with Gasteiger partial charge in [-0.05, 0) is 34.7 Å². The highest BCUT2D eigenvalue weighted by atomic mass is 19.4. The van der Waals surface area contributed by atoms with Crippen LogP contribution < -0.4 is 0 Å². The zero-order valence-corrected chi connectivity index (χ0v) is 15.8. The fourth-order valence-electron chi connectivity index (χ4n) is 3.34. The molecule has 0 bridgehead atoms. The Balaban J connectivity index is 1.90. The van der Waals surface area contributed by atoms with Crippen molar-refractivity contribution in [3.05, 3.63) is 71.4 Å². The van der Waals surface area contributed by atoms with Gasteiger partial charge in [0.2, 0.25) is 0 Å². The molecule has 1 aromatic heterocycles. The van der Waals surface area contributed by atoms with Crippen LogP contribution in [-0.4, -0.2) is 34.5 Å². The van der Waals surface area contributed by atoms with Gasteiger partial charge in [0.15, 0.2) is 0 Å². The molecule has 3 N–H and O–H groups in total. The van der Waals surface area contributed by atoms with E-state index in [0.29, 0.717) is 17.7 Å². The van der Waals surface area contributed by atoms with E-state index in [1.807, 2.05) is 6.07 Å². The van der Waals surface area contributed by atoms with Crippen molar-refractivity contribution in [2.24, 2.45) is 0 Å². The molecule has 0 aliphatic heterocycles. The standard InChI is InChI=1S/C21H17F6N3O/c22-20(23,24)19(31,21(25,26)27)17-4-1-13(2-5-17)12-30-8-7-15-9-14(3-6-18(15)30)16(10-28)11-29/h1-11,16,28-29,31H,12H2. The van der Waals surface area contributed by atoms with Gasteiger partial charge in [0, 0.05) is 36.3 Å². The molecule has 1 heterocycles. The molecule has 0 amide bonds. The van der Waals surface area contributed by atoms with E-state index in [-0.39, 0.29) is 6.54 Å². The number of fused-ring (bicyclic) bond motifs is 1.